The standard InChI is InChI=1S/C15H19FN4O3/c1-20(2)14(10-3-5-11(16)6-4-10)15(22)17-8-7-12-18-13(9-21)23-19-12/h3-6,14,21H,7-9H2,1-2H3,(H,17,22)/t14-/m0/s1. The Hall–Kier alpha value is -2.32. The molecule has 124 valence electrons. The molecule has 2 aromatic rings. The number of carbonyl (C=O) groups is 1. The average molecular weight is 322 g/mol. The number of amides is 1. The lowest BCUT2D eigenvalue weighted by Crippen LogP contribution is -2.38. The van der Waals surface area contributed by atoms with E-state index in [9.17, 15) is 9.18 Å². The van der Waals surface area contributed by atoms with Crippen LogP contribution in [0.4, 0.5) is 4.39 Å². The summed E-state index contributed by atoms with van der Waals surface area (Å²) < 4.78 is 17.8. The van der Waals surface area contributed by atoms with Gasteiger partial charge in [-0.2, -0.15) is 4.98 Å². The molecule has 1 aromatic heterocycles. The monoisotopic (exact) mass is 322 g/mol. The lowest BCUT2D eigenvalue weighted by Gasteiger charge is -2.23. The quantitative estimate of drug-likeness (QED) is 0.778. The van der Waals surface area contributed by atoms with Crippen LogP contribution in [0.5, 0.6) is 0 Å². The van der Waals surface area contributed by atoms with Gasteiger partial charge in [-0.15, -0.1) is 0 Å². The van der Waals surface area contributed by atoms with Crippen LogP contribution in [0.3, 0.4) is 0 Å². The molecule has 0 saturated heterocycles. The summed E-state index contributed by atoms with van der Waals surface area (Å²) in [6, 6.07) is 5.32. The van der Waals surface area contributed by atoms with Crippen LogP contribution >= 0.6 is 0 Å². The summed E-state index contributed by atoms with van der Waals surface area (Å²) in [5, 5.41) is 15.3. The lowest BCUT2D eigenvalue weighted by molar-refractivity contribution is -0.125. The van der Waals surface area contributed by atoms with Gasteiger partial charge in [0.15, 0.2) is 5.82 Å². The van der Waals surface area contributed by atoms with Crippen LogP contribution in [0.15, 0.2) is 28.8 Å². The minimum atomic E-state index is -0.520. The number of nitrogens with one attached hydrogen (secondary N) is 1. The Morgan fingerprint density at radius 1 is 1.39 bits per heavy atom. The molecule has 7 nitrogen and oxygen atoms in total. The van der Waals surface area contributed by atoms with Crippen molar-refractivity contribution < 1.29 is 18.8 Å². The van der Waals surface area contributed by atoms with Crippen molar-refractivity contribution in [3.63, 3.8) is 0 Å². The van der Waals surface area contributed by atoms with Crippen LogP contribution < -0.4 is 5.32 Å². The Morgan fingerprint density at radius 3 is 2.65 bits per heavy atom. The summed E-state index contributed by atoms with van der Waals surface area (Å²) in [7, 11) is 3.56. The maximum Gasteiger partial charge on any atom is 0.252 e. The normalized spacial score (nSPS) is 12.4. The molecule has 2 N–H and O–H groups in total. The molecule has 1 amide bonds. The molecule has 0 radical (unpaired) electrons. The van der Waals surface area contributed by atoms with E-state index in [1.807, 2.05) is 0 Å². The molecule has 0 aliphatic heterocycles. The Kier molecular flexibility index (Phi) is 5.78. The first-order chi connectivity index (χ1) is 11.0. The fraction of sp³-hybridized carbons (Fsp3) is 0.400. The fourth-order valence-electron chi connectivity index (χ4n) is 2.18. The number of halogens is 1. The van der Waals surface area contributed by atoms with Gasteiger partial charge in [0.1, 0.15) is 18.5 Å². The number of carbonyl (C=O) groups excluding carboxylic acids is 1. The number of rotatable bonds is 7. The smallest absolute Gasteiger partial charge is 0.252 e. The predicted octanol–water partition coefficient (Wildman–Crippen LogP) is 0.663. The van der Waals surface area contributed by atoms with Crippen molar-refractivity contribution in [1.82, 2.24) is 20.4 Å². The van der Waals surface area contributed by atoms with Crippen LogP contribution in [0.25, 0.3) is 0 Å². The summed E-state index contributed by atoms with van der Waals surface area (Å²) in [4.78, 5) is 18.1. The Bertz CT molecular complexity index is 642. The molecule has 1 atom stereocenters. The second-order valence-corrected chi connectivity index (χ2v) is 5.22. The van der Waals surface area contributed by atoms with Crippen molar-refractivity contribution in [2.45, 2.75) is 19.1 Å². The van der Waals surface area contributed by atoms with Gasteiger partial charge in [0.25, 0.3) is 5.89 Å². The second kappa shape index (κ2) is 7.80. The van der Waals surface area contributed by atoms with Gasteiger partial charge >= 0.3 is 0 Å². The molecule has 0 aliphatic rings. The highest BCUT2D eigenvalue weighted by Gasteiger charge is 2.22. The highest BCUT2D eigenvalue weighted by Crippen LogP contribution is 2.18. The van der Waals surface area contributed by atoms with Crippen molar-refractivity contribution in [3.05, 3.63) is 47.4 Å². The molecule has 0 aliphatic carbocycles. The number of likely N-dealkylation sites (N-methyl/N-ethyl adjacent to an activating group) is 1. The van der Waals surface area contributed by atoms with Crippen molar-refractivity contribution in [3.8, 4) is 0 Å². The molecule has 8 heteroatoms. The first-order valence-electron chi connectivity index (χ1n) is 7.13. The molecule has 1 aromatic carbocycles. The Morgan fingerprint density at radius 2 is 2.09 bits per heavy atom. The van der Waals surface area contributed by atoms with E-state index in [1.165, 1.54) is 12.1 Å². The average Bonchev–Trinajstić information content (AvgIpc) is 2.97. The van der Waals surface area contributed by atoms with Gasteiger partial charge in [0, 0.05) is 13.0 Å². The van der Waals surface area contributed by atoms with Crippen molar-refractivity contribution in [2.24, 2.45) is 0 Å². The van der Waals surface area contributed by atoms with Crippen LogP contribution in [0.1, 0.15) is 23.3 Å². The molecule has 0 spiro atoms. The predicted molar refractivity (Wildman–Crippen MR) is 79.8 cm³/mol. The highest BCUT2D eigenvalue weighted by atomic mass is 19.1. The van der Waals surface area contributed by atoms with Crippen molar-refractivity contribution >= 4 is 5.91 Å². The summed E-state index contributed by atoms with van der Waals surface area (Å²) in [6.07, 6.45) is 0.388. The molecule has 0 bridgehead atoms. The van der Waals surface area contributed by atoms with E-state index in [1.54, 1.807) is 31.1 Å². The largest absolute Gasteiger partial charge is 0.387 e. The van der Waals surface area contributed by atoms with Crippen LogP contribution in [-0.2, 0) is 17.8 Å². The summed E-state index contributed by atoms with van der Waals surface area (Å²) in [5.74, 6) is 0.0114. The minimum absolute atomic E-state index is 0.142. The second-order valence-electron chi connectivity index (χ2n) is 5.22. The van der Waals surface area contributed by atoms with E-state index < -0.39 is 6.04 Å². The fourth-order valence-corrected chi connectivity index (χ4v) is 2.18. The zero-order valence-corrected chi connectivity index (χ0v) is 13.0. The maximum atomic E-state index is 13.0. The van der Waals surface area contributed by atoms with Gasteiger partial charge in [0.2, 0.25) is 5.91 Å². The van der Waals surface area contributed by atoms with Gasteiger partial charge in [-0.1, -0.05) is 17.3 Å². The molecule has 23 heavy (non-hydrogen) atoms. The van der Waals surface area contributed by atoms with Crippen LogP contribution in [-0.4, -0.2) is 46.7 Å². The first kappa shape index (κ1) is 17.0. The van der Waals surface area contributed by atoms with E-state index in [2.05, 4.69) is 15.5 Å². The Labute approximate surface area is 133 Å². The van der Waals surface area contributed by atoms with Gasteiger partial charge in [-0.05, 0) is 31.8 Å². The molecule has 0 unspecified atom stereocenters. The van der Waals surface area contributed by atoms with E-state index in [0.29, 0.717) is 24.4 Å². The van der Waals surface area contributed by atoms with E-state index in [-0.39, 0.29) is 24.2 Å². The zero-order chi connectivity index (χ0) is 16.8. The van der Waals surface area contributed by atoms with E-state index in [4.69, 9.17) is 9.63 Å². The maximum absolute atomic E-state index is 13.0. The van der Waals surface area contributed by atoms with Gasteiger partial charge in [-0.3, -0.25) is 9.69 Å². The van der Waals surface area contributed by atoms with Crippen LogP contribution in [0, 0.1) is 5.82 Å². The Balaban J connectivity index is 1.94. The first-order valence-corrected chi connectivity index (χ1v) is 7.13. The number of hydrogen-bond donors (Lipinski definition) is 2. The van der Waals surface area contributed by atoms with Gasteiger partial charge in [0.05, 0.1) is 0 Å². The van der Waals surface area contributed by atoms with E-state index in [0.717, 1.165) is 0 Å². The van der Waals surface area contributed by atoms with Gasteiger partial charge < -0.3 is 14.9 Å². The lowest BCUT2D eigenvalue weighted by atomic mass is 10.1. The number of nitrogens with zero attached hydrogens (tertiary/aromatic N) is 3. The summed E-state index contributed by atoms with van der Waals surface area (Å²) in [6.45, 7) is 0.0153. The minimum Gasteiger partial charge on any atom is -0.387 e. The third kappa shape index (κ3) is 4.57. The number of hydrogen-bond acceptors (Lipinski definition) is 6. The van der Waals surface area contributed by atoms with E-state index >= 15 is 0 Å². The number of aromatic nitrogens is 2. The number of aliphatic hydroxyl groups excluding tert-OH is 1. The molecular weight excluding hydrogens is 303 g/mol. The summed E-state index contributed by atoms with van der Waals surface area (Å²) >= 11 is 0. The van der Waals surface area contributed by atoms with Crippen molar-refractivity contribution in [2.75, 3.05) is 20.6 Å². The molecule has 1 heterocycles. The third-order valence-corrected chi connectivity index (χ3v) is 3.24. The molecule has 0 fully saturated rings. The highest BCUT2D eigenvalue weighted by molar-refractivity contribution is 5.83. The molecule has 0 saturated carbocycles. The summed E-state index contributed by atoms with van der Waals surface area (Å²) in [5.41, 5.74) is 0.705. The SMILES string of the molecule is CN(C)[C@H](C(=O)NCCc1noc(CO)n1)c1ccc(F)cc1. The number of benzene rings is 1. The molecule has 2 rings (SSSR count). The third-order valence-electron chi connectivity index (χ3n) is 3.24. The molecular formula is C15H19FN4O3. The number of aliphatic hydroxyl groups is 1. The zero-order valence-electron chi connectivity index (χ0n) is 13.0. The van der Waals surface area contributed by atoms with Gasteiger partial charge in [-0.25, -0.2) is 4.39 Å². The van der Waals surface area contributed by atoms with Crippen LogP contribution in [0.2, 0.25) is 0 Å². The van der Waals surface area contributed by atoms with Crippen molar-refractivity contribution in [1.29, 1.82) is 0 Å². The topological polar surface area (TPSA) is 91.5 Å².